The first-order valence-electron chi connectivity index (χ1n) is 18.2. The topological polar surface area (TPSA) is 186 Å². The Morgan fingerprint density at radius 2 is 1.48 bits per heavy atom. The SMILES string of the molecule is CC[C@H](NC[C@H](Cc1ccsc1)NC(=O)c1cc(C(=O)N[C@H](C)c2ccccc2)cc(-c2ccccc2C#N)c1)C(=O)NCc1ccc(N)cc1.O=C(O)C(F)(F)F. The second kappa shape index (κ2) is 21.1. The van der Waals surface area contributed by atoms with Crippen LogP contribution in [0.4, 0.5) is 18.9 Å². The highest BCUT2D eigenvalue weighted by molar-refractivity contribution is 7.07. The maximum absolute atomic E-state index is 14.1. The van der Waals surface area contributed by atoms with E-state index in [1.807, 2.05) is 79.2 Å². The van der Waals surface area contributed by atoms with Gasteiger partial charge in [-0.1, -0.05) is 67.6 Å². The molecule has 15 heteroatoms. The van der Waals surface area contributed by atoms with Gasteiger partial charge in [-0.25, -0.2) is 4.79 Å². The molecule has 0 bridgehead atoms. The van der Waals surface area contributed by atoms with Crippen molar-refractivity contribution in [1.29, 1.82) is 5.26 Å². The monoisotopic (exact) mass is 812 g/mol. The Morgan fingerprint density at radius 3 is 2.07 bits per heavy atom. The molecule has 0 spiro atoms. The number of hydrogen-bond donors (Lipinski definition) is 6. The molecular formula is C43H43F3N6O5S. The van der Waals surface area contributed by atoms with Crippen molar-refractivity contribution in [3.8, 4) is 17.2 Å². The number of rotatable bonds is 15. The molecule has 0 aliphatic rings. The molecule has 0 aliphatic heterocycles. The average molecular weight is 813 g/mol. The molecule has 302 valence electrons. The van der Waals surface area contributed by atoms with Crippen molar-refractivity contribution >= 4 is 40.7 Å². The van der Waals surface area contributed by atoms with Crippen LogP contribution in [0.25, 0.3) is 11.1 Å². The van der Waals surface area contributed by atoms with Crippen LogP contribution < -0.4 is 27.0 Å². The number of nitrogen functional groups attached to an aromatic ring is 1. The van der Waals surface area contributed by atoms with Gasteiger partial charge in [-0.3, -0.25) is 14.4 Å². The standard InChI is InChI=1S/C41H42N6O3S.C2HF3O2/c1-3-38(41(50)45-24-28-13-15-35(43)16-14-28)44-25-36(19-29-17-18-51-26-29)47-40(49)34-21-32(37-12-8-7-11-31(37)23-42)20-33(22-34)39(48)46-27(2)30-9-5-4-6-10-30;3-2(4,5)1(6)7/h4-18,20-22,26-27,36,38,44H,3,19,24-25,43H2,1-2H3,(H,45,50)(H,46,48)(H,47,49);(H,6,7)/t27-,36+,38+;/m1./s1. The summed E-state index contributed by atoms with van der Waals surface area (Å²) < 4.78 is 31.7. The molecule has 0 saturated carbocycles. The molecule has 0 radical (unpaired) electrons. The number of hydrogen-bond acceptors (Lipinski definition) is 8. The zero-order valence-corrected chi connectivity index (χ0v) is 32.5. The van der Waals surface area contributed by atoms with Gasteiger partial charge in [0.1, 0.15) is 0 Å². The smallest absolute Gasteiger partial charge is 0.475 e. The van der Waals surface area contributed by atoms with E-state index in [9.17, 15) is 32.8 Å². The number of anilines is 1. The third kappa shape index (κ3) is 13.3. The van der Waals surface area contributed by atoms with Gasteiger partial charge in [0.2, 0.25) is 5.91 Å². The number of aliphatic carboxylic acids is 1. The minimum Gasteiger partial charge on any atom is -0.475 e. The van der Waals surface area contributed by atoms with Crippen molar-refractivity contribution in [3.05, 3.63) is 147 Å². The molecule has 0 unspecified atom stereocenters. The van der Waals surface area contributed by atoms with E-state index in [1.54, 1.807) is 59.9 Å². The Hall–Kier alpha value is -6.50. The molecule has 3 atom stereocenters. The fourth-order valence-electron chi connectivity index (χ4n) is 5.77. The van der Waals surface area contributed by atoms with E-state index >= 15 is 0 Å². The highest BCUT2D eigenvalue weighted by Crippen LogP contribution is 2.27. The van der Waals surface area contributed by atoms with E-state index in [0.717, 1.165) is 16.7 Å². The van der Waals surface area contributed by atoms with Gasteiger partial charge >= 0.3 is 12.1 Å². The largest absolute Gasteiger partial charge is 0.490 e. The molecule has 5 rings (SSSR count). The summed E-state index contributed by atoms with van der Waals surface area (Å²) in [6.07, 6.45) is -4.00. The van der Waals surface area contributed by atoms with Crippen LogP contribution in [0.15, 0.2) is 114 Å². The maximum atomic E-state index is 14.1. The first-order chi connectivity index (χ1) is 27.7. The molecule has 0 aliphatic carbocycles. The van der Waals surface area contributed by atoms with E-state index in [-0.39, 0.29) is 35.4 Å². The molecule has 4 aromatic carbocycles. The second-order valence-corrected chi connectivity index (χ2v) is 14.0. The summed E-state index contributed by atoms with van der Waals surface area (Å²) in [7, 11) is 0. The Bertz CT molecular complexity index is 2190. The summed E-state index contributed by atoms with van der Waals surface area (Å²) in [6.45, 7) is 4.54. The lowest BCUT2D eigenvalue weighted by molar-refractivity contribution is -0.192. The zero-order valence-electron chi connectivity index (χ0n) is 31.7. The van der Waals surface area contributed by atoms with Gasteiger partial charge in [-0.2, -0.15) is 29.8 Å². The van der Waals surface area contributed by atoms with Crippen molar-refractivity contribution in [1.82, 2.24) is 21.3 Å². The number of alkyl halides is 3. The lowest BCUT2D eigenvalue weighted by Crippen LogP contribution is -2.50. The Labute approximate surface area is 338 Å². The summed E-state index contributed by atoms with van der Waals surface area (Å²) in [5.41, 5.74) is 11.6. The lowest BCUT2D eigenvalue weighted by Gasteiger charge is -2.23. The van der Waals surface area contributed by atoms with Gasteiger partial charge in [0.15, 0.2) is 0 Å². The number of nitrogens with one attached hydrogen (secondary N) is 4. The summed E-state index contributed by atoms with van der Waals surface area (Å²) >= 11 is 1.57. The quantitative estimate of drug-likeness (QED) is 0.0609. The molecule has 0 saturated heterocycles. The van der Waals surface area contributed by atoms with Gasteiger partial charge in [-0.05, 0) is 101 Å². The van der Waals surface area contributed by atoms with E-state index in [2.05, 4.69) is 27.3 Å². The van der Waals surface area contributed by atoms with Crippen LogP contribution >= 0.6 is 11.3 Å². The molecule has 1 heterocycles. The average Bonchev–Trinajstić information content (AvgIpc) is 3.73. The minimum atomic E-state index is -5.08. The Balaban J connectivity index is 0.000000973. The van der Waals surface area contributed by atoms with E-state index in [1.165, 1.54) is 0 Å². The van der Waals surface area contributed by atoms with Crippen LogP contribution in [0.2, 0.25) is 0 Å². The number of carbonyl (C=O) groups is 4. The number of carboxylic acids is 1. The van der Waals surface area contributed by atoms with Gasteiger partial charge in [0.25, 0.3) is 11.8 Å². The molecule has 7 N–H and O–H groups in total. The first-order valence-corrected chi connectivity index (χ1v) is 19.1. The van der Waals surface area contributed by atoms with Crippen LogP contribution in [0.3, 0.4) is 0 Å². The van der Waals surface area contributed by atoms with E-state index in [0.29, 0.717) is 53.9 Å². The van der Waals surface area contributed by atoms with Gasteiger partial charge in [-0.15, -0.1) is 0 Å². The molecule has 0 fully saturated rings. The number of thiophene rings is 1. The second-order valence-electron chi connectivity index (χ2n) is 13.2. The van der Waals surface area contributed by atoms with Crippen molar-refractivity contribution in [2.24, 2.45) is 0 Å². The third-order valence-corrected chi connectivity index (χ3v) is 9.62. The molecule has 3 amide bonds. The van der Waals surface area contributed by atoms with E-state index in [4.69, 9.17) is 15.6 Å². The summed E-state index contributed by atoms with van der Waals surface area (Å²) in [5, 5.41) is 33.5. The number of nitrogens with zero attached hydrogens (tertiary/aromatic N) is 1. The Kier molecular flexibility index (Phi) is 16.1. The van der Waals surface area contributed by atoms with Gasteiger partial charge < -0.3 is 32.1 Å². The maximum Gasteiger partial charge on any atom is 0.490 e. The summed E-state index contributed by atoms with van der Waals surface area (Å²) in [5.74, 6) is -3.62. The van der Waals surface area contributed by atoms with E-state index < -0.39 is 18.2 Å². The normalized spacial score (nSPS) is 12.4. The molecule has 5 aromatic rings. The number of carboxylic acid groups (broad SMARTS) is 1. The fourth-order valence-corrected chi connectivity index (χ4v) is 6.46. The van der Waals surface area contributed by atoms with Gasteiger partial charge in [0.05, 0.1) is 23.7 Å². The first kappa shape index (κ1) is 44.2. The van der Waals surface area contributed by atoms with Crippen molar-refractivity contribution < 1.29 is 37.5 Å². The van der Waals surface area contributed by atoms with Crippen molar-refractivity contribution in [3.63, 3.8) is 0 Å². The number of nitriles is 1. The van der Waals surface area contributed by atoms with Crippen LogP contribution in [0.1, 0.15) is 69.3 Å². The van der Waals surface area contributed by atoms with Crippen molar-refractivity contribution in [2.45, 2.75) is 57.5 Å². The zero-order chi connectivity index (χ0) is 42.2. The Morgan fingerprint density at radius 1 is 0.862 bits per heavy atom. The highest BCUT2D eigenvalue weighted by Gasteiger charge is 2.38. The predicted octanol–water partition coefficient (Wildman–Crippen LogP) is 7.02. The van der Waals surface area contributed by atoms with Crippen LogP contribution in [0, 0.1) is 11.3 Å². The number of benzene rings is 4. The predicted molar refractivity (Wildman–Crippen MR) is 217 cm³/mol. The third-order valence-electron chi connectivity index (χ3n) is 8.88. The van der Waals surface area contributed by atoms with Crippen LogP contribution in [-0.2, 0) is 22.6 Å². The molecule has 1 aromatic heterocycles. The van der Waals surface area contributed by atoms with Crippen molar-refractivity contribution in [2.75, 3.05) is 12.3 Å². The fraction of sp³-hybridized carbons (Fsp3) is 0.233. The molecule has 58 heavy (non-hydrogen) atoms. The highest BCUT2D eigenvalue weighted by atomic mass is 32.1. The summed E-state index contributed by atoms with van der Waals surface area (Å²) in [6, 6.07) is 32.2. The lowest BCUT2D eigenvalue weighted by atomic mass is 9.95. The van der Waals surface area contributed by atoms with Gasteiger partial charge in [0, 0.05) is 35.9 Å². The number of amides is 3. The summed E-state index contributed by atoms with van der Waals surface area (Å²) in [4.78, 5) is 49.7. The minimum absolute atomic E-state index is 0.140. The van der Waals surface area contributed by atoms with Crippen LogP contribution in [-0.4, -0.2) is 53.6 Å². The molecule has 11 nitrogen and oxygen atoms in total. The number of halogens is 3. The number of nitrogens with two attached hydrogens (primary N) is 1. The molecular weight excluding hydrogens is 770 g/mol. The van der Waals surface area contributed by atoms with Crippen LogP contribution in [0.5, 0.6) is 0 Å². The number of carbonyl (C=O) groups excluding carboxylic acids is 3.